The lowest BCUT2D eigenvalue weighted by Crippen LogP contribution is -2.27. The van der Waals surface area contributed by atoms with Gasteiger partial charge in [0.15, 0.2) is 0 Å². The maximum atomic E-state index is 5.56. The molecule has 1 aromatic heterocycles. The average molecular weight is 208 g/mol. The van der Waals surface area contributed by atoms with E-state index >= 15 is 0 Å². The first-order chi connectivity index (χ1) is 6.71. The molecule has 0 fully saturated rings. The van der Waals surface area contributed by atoms with Gasteiger partial charge in [0, 0.05) is 5.41 Å². The molecule has 0 radical (unpaired) electrons. The maximum Gasteiger partial charge on any atom is 0.223 e. The monoisotopic (exact) mass is 208 g/mol. The molecule has 0 aliphatic rings. The minimum absolute atomic E-state index is 0.0741. The van der Waals surface area contributed by atoms with Crippen LogP contribution in [0, 0.1) is 5.41 Å². The van der Waals surface area contributed by atoms with Gasteiger partial charge < -0.3 is 5.73 Å². The molecule has 4 heteroatoms. The Balaban J connectivity index is 2.95. The van der Waals surface area contributed by atoms with Gasteiger partial charge in [-0.1, -0.05) is 34.6 Å². The second kappa shape index (κ2) is 3.76. The largest absolute Gasteiger partial charge is 0.368 e. The third-order valence-electron chi connectivity index (χ3n) is 2.17. The maximum absolute atomic E-state index is 5.56. The normalized spacial score (nSPS) is 12.9. The van der Waals surface area contributed by atoms with Crippen molar-refractivity contribution < 1.29 is 0 Å². The van der Waals surface area contributed by atoms with Crippen molar-refractivity contribution in [3.63, 3.8) is 0 Å². The molecule has 0 amide bonds. The number of rotatable bonds is 2. The summed E-state index contributed by atoms with van der Waals surface area (Å²) in [6.45, 7) is 10.9. The summed E-state index contributed by atoms with van der Waals surface area (Å²) in [7, 11) is 0. The lowest BCUT2D eigenvalue weighted by Gasteiger charge is -2.30. The predicted octanol–water partition coefficient (Wildman–Crippen LogP) is 2.17. The number of nitrogens with zero attached hydrogens (tertiary/aromatic N) is 3. The Bertz CT molecular complexity index is 339. The first-order valence-electron chi connectivity index (χ1n) is 5.16. The molecule has 4 nitrogen and oxygen atoms in total. The van der Waals surface area contributed by atoms with E-state index in [0.29, 0.717) is 5.95 Å². The summed E-state index contributed by atoms with van der Waals surface area (Å²) < 4.78 is 0. The van der Waals surface area contributed by atoms with E-state index in [1.54, 1.807) is 0 Å². The van der Waals surface area contributed by atoms with Crippen LogP contribution in [0.3, 0.4) is 0 Å². The van der Waals surface area contributed by atoms with Crippen LogP contribution in [0.25, 0.3) is 0 Å². The fourth-order valence-corrected chi connectivity index (χ4v) is 2.04. The summed E-state index contributed by atoms with van der Waals surface area (Å²) >= 11 is 0. The van der Waals surface area contributed by atoms with Crippen molar-refractivity contribution in [2.75, 3.05) is 5.73 Å². The Labute approximate surface area is 91.3 Å². The van der Waals surface area contributed by atoms with Crippen molar-refractivity contribution in [1.82, 2.24) is 15.0 Å². The number of hydrogen-bond acceptors (Lipinski definition) is 4. The molecule has 0 aliphatic carbocycles. The second-order valence-electron chi connectivity index (χ2n) is 5.79. The van der Waals surface area contributed by atoms with Crippen molar-refractivity contribution in [2.24, 2.45) is 5.41 Å². The van der Waals surface area contributed by atoms with Crippen LogP contribution in [0.4, 0.5) is 5.95 Å². The fourth-order valence-electron chi connectivity index (χ4n) is 2.04. The van der Waals surface area contributed by atoms with E-state index in [4.69, 9.17) is 5.73 Å². The van der Waals surface area contributed by atoms with E-state index in [2.05, 4.69) is 49.6 Å². The number of anilines is 1. The first kappa shape index (κ1) is 11.9. The van der Waals surface area contributed by atoms with Gasteiger partial charge in [-0.05, 0) is 11.8 Å². The van der Waals surface area contributed by atoms with Crippen molar-refractivity contribution >= 4 is 5.95 Å². The molecule has 0 spiro atoms. The van der Waals surface area contributed by atoms with Gasteiger partial charge in [-0.15, -0.1) is 0 Å². The molecule has 15 heavy (non-hydrogen) atoms. The SMILES string of the molecule is CC(C)(C)CC(C)(C)c1ncnc(N)n1. The highest BCUT2D eigenvalue weighted by Gasteiger charge is 2.29. The third-order valence-corrected chi connectivity index (χ3v) is 2.17. The minimum atomic E-state index is -0.0741. The van der Waals surface area contributed by atoms with Crippen molar-refractivity contribution in [1.29, 1.82) is 0 Å². The van der Waals surface area contributed by atoms with Gasteiger partial charge in [0.2, 0.25) is 5.95 Å². The highest BCUT2D eigenvalue weighted by Crippen LogP contribution is 2.34. The van der Waals surface area contributed by atoms with Crippen LogP contribution in [-0.4, -0.2) is 15.0 Å². The van der Waals surface area contributed by atoms with Gasteiger partial charge in [0.05, 0.1) is 0 Å². The van der Waals surface area contributed by atoms with Crippen LogP contribution in [0.1, 0.15) is 46.9 Å². The Kier molecular flexibility index (Phi) is 2.98. The molecule has 0 saturated heterocycles. The summed E-state index contributed by atoms with van der Waals surface area (Å²) in [4.78, 5) is 12.2. The van der Waals surface area contributed by atoms with Crippen molar-refractivity contribution in [3.8, 4) is 0 Å². The van der Waals surface area contributed by atoms with Crippen LogP contribution >= 0.6 is 0 Å². The van der Waals surface area contributed by atoms with Crippen molar-refractivity contribution in [2.45, 2.75) is 46.5 Å². The Morgan fingerprint density at radius 1 is 1.13 bits per heavy atom. The fraction of sp³-hybridized carbons (Fsp3) is 0.727. The van der Waals surface area contributed by atoms with Gasteiger partial charge in [0.25, 0.3) is 0 Å². The van der Waals surface area contributed by atoms with Crippen LogP contribution < -0.4 is 5.73 Å². The summed E-state index contributed by atoms with van der Waals surface area (Å²) in [5, 5.41) is 0. The summed E-state index contributed by atoms with van der Waals surface area (Å²) in [6, 6.07) is 0. The zero-order valence-electron chi connectivity index (χ0n) is 10.2. The van der Waals surface area contributed by atoms with Crippen LogP contribution in [0.5, 0.6) is 0 Å². The molecule has 2 N–H and O–H groups in total. The van der Waals surface area contributed by atoms with E-state index in [9.17, 15) is 0 Å². The molecule has 0 atom stereocenters. The average Bonchev–Trinajstić information content (AvgIpc) is 1.99. The van der Waals surface area contributed by atoms with Crippen molar-refractivity contribution in [3.05, 3.63) is 12.2 Å². The molecule has 0 bridgehead atoms. The first-order valence-corrected chi connectivity index (χ1v) is 5.16. The van der Waals surface area contributed by atoms with Crippen LogP contribution in [0.2, 0.25) is 0 Å². The van der Waals surface area contributed by atoms with E-state index < -0.39 is 0 Å². The Hall–Kier alpha value is -1.19. The van der Waals surface area contributed by atoms with E-state index in [0.717, 1.165) is 12.2 Å². The number of hydrogen-bond donors (Lipinski definition) is 1. The van der Waals surface area contributed by atoms with Gasteiger partial charge in [-0.2, -0.15) is 4.98 Å². The van der Waals surface area contributed by atoms with Gasteiger partial charge in [-0.3, -0.25) is 0 Å². The summed E-state index contributed by atoms with van der Waals surface area (Å²) in [5.74, 6) is 1.06. The Morgan fingerprint density at radius 3 is 2.20 bits per heavy atom. The standard InChI is InChI=1S/C11H20N4/c1-10(2,3)6-11(4,5)8-13-7-14-9(12)15-8/h7H,6H2,1-5H3,(H2,12,13,14,15). The molecule has 1 aromatic rings. The van der Waals surface area contributed by atoms with E-state index in [1.165, 1.54) is 6.33 Å². The zero-order chi connectivity index (χ0) is 11.7. The molecule has 0 saturated carbocycles. The van der Waals surface area contributed by atoms with Gasteiger partial charge in [-0.25, -0.2) is 9.97 Å². The lowest BCUT2D eigenvalue weighted by molar-refractivity contribution is 0.274. The quantitative estimate of drug-likeness (QED) is 0.809. The third kappa shape index (κ3) is 3.46. The molecule has 0 aliphatic heterocycles. The van der Waals surface area contributed by atoms with Crippen LogP contribution in [0.15, 0.2) is 6.33 Å². The molecule has 84 valence electrons. The Morgan fingerprint density at radius 2 is 1.73 bits per heavy atom. The van der Waals surface area contributed by atoms with E-state index in [-0.39, 0.29) is 10.8 Å². The summed E-state index contributed by atoms with van der Waals surface area (Å²) in [5.41, 5.74) is 5.72. The number of nitrogens with two attached hydrogens (primary N) is 1. The predicted molar refractivity (Wildman–Crippen MR) is 61.3 cm³/mol. The molecule has 1 rings (SSSR count). The van der Waals surface area contributed by atoms with Gasteiger partial charge in [0.1, 0.15) is 12.2 Å². The number of aromatic nitrogens is 3. The molecule has 0 unspecified atom stereocenters. The minimum Gasteiger partial charge on any atom is -0.368 e. The van der Waals surface area contributed by atoms with Crippen LogP contribution in [-0.2, 0) is 5.41 Å². The molecule has 0 aromatic carbocycles. The van der Waals surface area contributed by atoms with E-state index in [1.807, 2.05) is 0 Å². The number of nitrogen functional groups attached to an aromatic ring is 1. The smallest absolute Gasteiger partial charge is 0.223 e. The molecular weight excluding hydrogens is 188 g/mol. The lowest BCUT2D eigenvalue weighted by atomic mass is 9.76. The topological polar surface area (TPSA) is 64.7 Å². The molecular formula is C11H20N4. The second-order valence-corrected chi connectivity index (χ2v) is 5.79. The highest BCUT2D eigenvalue weighted by atomic mass is 15.1. The molecule has 1 heterocycles. The zero-order valence-corrected chi connectivity index (χ0v) is 10.2. The summed E-state index contributed by atoms with van der Waals surface area (Å²) in [6.07, 6.45) is 2.48. The highest BCUT2D eigenvalue weighted by molar-refractivity contribution is 5.16. The van der Waals surface area contributed by atoms with Gasteiger partial charge >= 0.3 is 0 Å².